The third kappa shape index (κ3) is 4.34. The van der Waals surface area contributed by atoms with E-state index in [0.29, 0.717) is 23.6 Å². The molecule has 0 bridgehead atoms. The molecule has 0 aromatic heterocycles. The van der Waals surface area contributed by atoms with E-state index in [1.165, 1.54) is 28.6 Å². The fourth-order valence-corrected chi connectivity index (χ4v) is 4.37. The maximum atomic E-state index is 13.0. The Morgan fingerprint density at radius 1 is 1.35 bits per heavy atom. The molecule has 1 heterocycles. The number of carbonyl (C=O) groups excluding carboxylic acids is 1. The number of carbonyl (C=O) groups is 1. The zero-order valence-electron chi connectivity index (χ0n) is 13.1. The van der Waals surface area contributed by atoms with Crippen molar-refractivity contribution in [1.29, 1.82) is 0 Å². The predicted octanol–water partition coefficient (Wildman–Crippen LogP) is 2.58. The first-order chi connectivity index (χ1) is 10.8. The Morgan fingerprint density at radius 3 is 2.61 bits per heavy atom. The molecule has 5 nitrogen and oxygen atoms in total. The molecule has 0 aliphatic carbocycles. The van der Waals surface area contributed by atoms with Gasteiger partial charge in [0, 0.05) is 18.1 Å². The fraction of sp³-hybridized carbons (Fsp3) is 0.438. The smallest absolute Gasteiger partial charge is 0.244 e. The second kappa shape index (κ2) is 7.47. The van der Waals surface area contributed by atoms with E-state index < -0.39 is 16.1 Å². The normalized spacial score (nSPS) is 19.3. The average molecular weight is 357 g/mol. The van der Waals surface area contributed by atoms with Gasteiger partial charge in [0.05, 0.1) is 4.90 Å². The summed E-state index contributed by atoms with van der Waals surface area (Å²) >= 11 is 5.83. The van der Waals surface area contributed by atoms with Crippen molar-refractivity contribution in [3.63, 3.8) is 0 Å². The highest BCUT2D eigenvalue weighted by Gasteiger charge is 2.36. The topological polar surface area (TPSA) is 66.5 Å². The van der Waals surface area contributed by atoms with Gasteiger partial charge in [0.15, 0.2) is 0 Å². The van der Waals surface area contributed by atoms with Gasteiger partial charge in [-0.25, -0.2) is 8.42 Å². The molecule has 7 heteroatoms. The second-order valence-electron chi connectivity index (χ2n) is 5.76. The van der Waals surface area contributed by atoms with Crippen molar-refractivity contribution in [2.45, 2.75) is 37.1 Å². The number of halogens is 1. The second-order valence-corrected chi connectivity index (χ2v) is 8.09. The molecule has 0 saturated carbocycles. The third-order valence-electron chi connectivity index (χ3n) is 3.70. The van der Waals surface area contributed by atoms with Gasteiger partial charge in [-0.3, -0.25) is 4.79 Å². The van der Waals surface area contributed by atoms with Crippen LogP contribution in [0.3, 0.4) is 0 Å². The summed E-state index contributed by atoms with van der Waals surface area (Å²) in [7, 11) is -3.81. The van der Waals surface area contributed by atoms with E-state index in [2.05, 4.69) is 11.9 Å². The number of sulfonamides is 1. The van der Waals surface area contributed by atoms with Gasteiger partial charge in [-0.05, 0) is 50.5 Å². The van der Waals surface area contributed by atoms with Crippen molar-refractivity contribution in [1.82, 2.24) is 9.62 Å². The minimum absolute atomic E-state index is 0.114. The van der Waals surface area contributed by atoms with Crippen LogP contribution < -0.4 is 5.32 Å². The van der Waals surface area contributed by atoms with Crippen LogP contribution in [0.2, 0.25) is 5.02 Å². The number of amides is 1. The van der Waals surface area contributed by atoms with Crippen LogP contribution in [0.25, 0.3) is 0 Å². The first-order valence-corrected chi connectivity index (χ1v) is 9.33. The Bertz CT molecular complexity index is 686. The largest absolute Gasteiger partial charge is 0.355 e. The van der Waals surface area contributed by atoms with E-state index in [-0.39, 0.29) is 17.3 Å². The molecule has 0 radical (unpaired) electrons. The van der Waals surface area contributed by atoms with Gasteiger partial charge in [-0.15, -0.1) is 0 Å². The molecular formula is C16H21ClN2O3S. The molecule has 1 saturated heterocycles. The quantitative estimate of drug-likeness (QED) is 0.824. The number of rotatable bonds is 5. The molecule has 1 N–H and O–H groups in total. The lowest BCUT2D eigenvalue weighted by atomic mass is 10.1. The lowest BCUT2D eigenvalue weighted by molar-refractivity contribution is -0.124. The molecule has 23 heavy (non-hydrogen) atoms. The van der Waals surface area contributed by atoms with Gasteiger partial charge < -0.3 is 5.32 Å². The summed E-state index contributed by atoms with van der Waals surface area (Å²) in [6.07, 6.45) is 2.16. The summed E-state index contributed by atoms with van der Waals surface area (Å²) in [5, 5.41) is 3.25. The van der Waals surface area contributed by atoms with E-state index in [1.807, 2.05) is 0 Å². The van der Waals surface area contributed by atoms with Crippen LogP contribution in [0, 0.1) is 0 Å². The first kappa shape index (κ1) is 18.0. The molecular weight excluding hydrogens is 336 g/mol. The Labute approximate surface area is 142 Å². The van der Waals surface area contributed by atoms with Crippen LogP contribution in [0.5, 0.6) is 0 Å². The number of hydrogen-bond donors (Lipinski definition) is 1. The van der Waals surface area contributed by atoms with Crippen molar-refractivity contribution >= 4 is 27.5 Å². The maximum absolute atomic E-state index is 13.0. The molecule has 1 aliphatic rings. The lowest BCUT2D eigenvalue weighted by Gasteiger charge is -2.29. The molecule has 1 fully saturated rings. The van der Waals surface area contributed by atoms with Gasteiger partial charge in [0.2, 0.25) is 15.9 Å². The van der Waals surface area contributed by atoms with Crippen molar-refractivity contribution in [2.24, 2.45) is 0 Å². The van der Waals surface area contributed by atoms with E-state index in [0.717, 1.165) is 12.8 Å². The van der Waals surface area contributed by atoms with Crippen LogP contribution >= 0.6 is 11.6 Å². The van der Waals surface area contributed by atoms with E-state index >= 15 is 0 Å². The Kier molecular flexibility index (Phi) is 5.84. The molecule has 1 aromatic rings. The first-order valence-electron chi connectivity index (χ1n) is 7.52. The lowest BCUT2D eigenvalue weighted by Crippen LogP contribution is -2.49. The minimum atomic E-state index is -3.81. The van der Waals surface area contributed by atoms with Crippen LogP contribution in [0.4, 0.5) is 0 Å². The summed E-state index contributed by atoms with van der Waals surface area (Å²) in [5.41, 5.74) is 0.680. The van der Waals surface area contributed by atoms with Gasteiger partial charge in [0.1, 0.15) is 6.04 Å². The van der Waals surface area contributed by atoms with Crippen LogP contribution in [0.1, 0.15) is 26.2 Å². The van der Waals surface area contributed by atoms with Crippen molar-refractivity contribution in [2.75, 3.05) is 13.1 Å². The van der Waals surface area contributed by atoms with Crippen LogP contribution in [0.15, 0.2) is 41.3 Å². The molecule has 1 unspecified atom stereocenters. The van der Waals surface area contributed by atoms with Crippen LogP contribution in [-0.2, 0) is 14.8 Å². The van der Waals surface area contributed by atoms with Crippen LogP contribution in [-0.4, -0.2) is 37.8 Å². The molecule has 0 spiro atoms. The van der Waals surface area contributed by atoms with Gasteiger partial charge >= 0.3 is 0 Å². The highest BCUT2D eigenvalue weighted by molar-refractivity contribution is 7.89. The van der Waals surface area contributed by atoms with Gasteiger partial charge in [-0.1, -0.05) is 23.8 Å². The Balaban J connectivity index is 2.42. The third-order valence-corrected chi connectivity index (χ3v) is 5.82. The minimum Gasteiger partial charge on any atom is -0.355 e. The molecule has 2 rings (SSSR count). The predicted molar refractivity (Wildman–Crippen MR) is 90.8 cm³/mol. The standard InChI is InChI=1S/C16H21ClN2O3S/c1-12(2)11-19(15-5-3-4-10-18-16(15)20)23(21,22)14-8-6-13(17)7-9-14/h6-9,15H,1,3-5,10-11H2,2H3,(H,18,20). The van der Waals surface area contributed by atoms with E-state index in [9.17, 15) is 13.2 Å². The molecule has 1 aromatic carbocycles. The molecule has 1 atom stereocenters. The van der Waals surface area contributed by atoms with Crippen molar-refractivity contribution in [3.8, 4) is 0 Å². The van der Waals surface area contributed by atoms with E-state index in [4.69, 9.17) is 11.6 Å². The van der Waals surface area contributed by atoms with Crippen molar-refractivity contribution in [3.05, 3.63) is 41.4 Å². The molecule has 126 valence electrons. The number of nitrogens with one attached hydrogen (secondary N) is 1. The van der Waals surface area contributed by atoms with Crippen molar-refractivity contribution < 1.29 is 13.2 Å². The van der Waals surface area contributed by atoms with Gasteiger partial charge in [-0.2, -0.15) is 4.31 Å². The molecule has 1 amide bonds. The Morgan fingerprint density at radius 2 is 2.00 bits per heavy atom. The number of nitrogens with zero attached hydrogens (tertiary/aromatic N) is 1. The van der Waals surface area contributed by atoms with E-state index in [1.54, 1.807) is 6.92 Å². The average Bonchev–Trinajstić information content (AvgIpc) is 2.69. The zero-order valence-corrected chi connectivity index (χ0v) is 14.7. The summed E-state index contributed by atoms with van der Waals surface area (Å²) in [4.78, 5) is 12.4. The number of benzene rings is 1. The highest BCUT2D eigenvalue weighted by atomic mass is 35.5. The number of hydrogen-bond acceptors (Lipinski definition) is 3. The molecule has 1 aliphatic heterocycles. The summed E-state index contributed by atoms with van der Waals surface area (Å²) in [6.45, 7) is 6.24. The SMILES string of the molecule is C=C(C)CN(C1CCCCNC1=O)S(=O)(=O)c1ccc(Cl)cc1. The zero-order chi connectivity index (χ0) is 17.0. The monoisotopic (exact) mass is 356 g/mol. The Hall–Kier alpha value is -1.37. The maximum Gasteiger partial charge on any atom is 0.244 e. The fourth-order valence-electron chi connectivity index (χ4n) is 2.57. The highest BCUT2D eigenvalue weighted by Crippen LogP contribution is 2.24. The summed E-state index contributed by atoms with van der Waals surface area (Å²) < 4.78 is 27.2. The van der Waals surface area contributed by atoms with Gasteiger partial charge in [0.25, 0.3) is 0 Å². The summed E-state index contributed by atoms with van der Waals surface area (Å²) in [6, 6.07) is 5.26. The summed E-state index contributed by atoms with van der Waals surface area (Å²) in [5.74, 6) is -0.249.